The molecule has 2 rings (SSSR count). The van der Waals surface area contributed by atoms with E-state index in [1.807, 2.05) is 13.0 Å². The van der Waals surface area contributed by atoms with E-state index in [2.05, 4.69) is 21.2 Å². The number of nitriles is 1. The number of nitro groups is 1. The Balaban J connectivity index is 2.32. The Kier molecular flexibility index (Phi) is 6.93. The van der Waals surface area contributed by atoms with Gasteiger partial charge in [-0.3, -0.25) is 14.9 Å². The van der Waals surface area contributed by atoms with Crippen LogP contribution in [0.15, 0.2) is 46.4 Å². The van der Waals surface area contributed by atoms with Gasteiger partial charge in [0, 0.05) is 22.2 Å². The lowest BCUT2D eigenvalue weighted by Gasteiger charge is -2.09. The third-order valence-electron chi connectivity index (χ3n) is 3.35. The summed E-state index contributed by atoms with van der Waals surface area (Å²) in [6.45, 7) is 2.25. The van der Waals surface area contributed by atoms with Crippen LogP contribution >= 0.6 is 27.5 Å². The molecule has 0 atom stereocenters. The topological polar surface area (TPSA) is 105 Å². The molecule has 0 aliphatic carbocycles. The molecule has 0 unspecified atom stereocenters. The monoisotopic (exact) mass is 449 g/mol. The van der Waals surface area contributed by atoms with E-state index in [0.29, 0.717) is 17.9 Å². The summed E-state index contributed by atoms with van der Waals surface area (Å²) >= 11 is 9.30. The molecule has 0 saturated carbocycles. The van der Waals surface area contributed by atoms with E-state index >= 15 is 0 Å². The van der Waals surface area contributed by atoms with Crippen LogP contribution in [0, 0.1) is 21.4 Å². The molecule has 2 aromatic carbocycles. The number of halogens is 2. The lowest BCUT2D eigenvalue weighted by atomic mass is 10.1. The van der Waals surface area contributed by atoms with Crippen molar-refractivity contribution in [2.45, 2.75) is 6.92 Å². The summed E-state index contributed by atoms with van der Waals surface area (Å²) in [5, 5.41) is 22.6. The van der Waals surface area contributed by atoms with Crippen molar-refractivity contribution >= 4 is 50.9 Å². The van der Waals surface area contributed by atoms with Crippen LogP contribution < -0.4 is 10.1 Å². The molecule has 0 aromatic heterocycles. The highest BCUT2D eigenvalue weighted by Gasteiger charge is 2.15. The van der Waals surface area contributed by atoms with Crippen LogP contribution in [0.1, 0.15) is 12.5 Å². The van der Waals surface area contributed by atoms with Crippen LogP contribution in [0.2, 0.25) is 5.02 Å². The smallest absolute Gasteiger partial charge is 0.271 e. The van der Waals surface area contributed by atoms with E-state index in [1.54, 1.807) is 18.2 Å². The number of anilines is 1. The van der Waals surface area contributed by atoms with Gasteiger partial charge in [-0.05, 0) is 37.3 Å². The Morgan fingerprint density at radius 2 is 2.15 bits per heavy atom. The summed E-state index contributed by atoms with van der Waals surface area (Å²) in [4.78, 5) is 22.6. The zero-order chi connectivity index (χ0) is 20.0. The summed E-state index contributed by atoms with van der Waals surface area (Å²) < 4.78 is 6.26. The van der Waals surface area contributed by atoms with Gasteiger partial charge in [0.15, 0.2) is 0 Å². The number of nitrogens with one attached hydrogen (secondary N) is 1. The SMILES string of the molecule is CCOc1ccc(Br)cc1C=C(C#N)C(=O)Nc1ccc([N+](=O)[O-])cc1Cl. The highest BCUT2D eigenvalue weighted by molar-refractivity contribution is 9.10. The Bertz CT molecular complexity index is 970. The minimum Gasteiger partial charge on any atom is -0.493 e. The van der Waals surface area contributed by atoms with Crippen molar-refractivity contribution in [3.05, 3.63) is 67.1 Å². The van der Waals surface area contributed by atoms with Crippen molar-refractivity contribution < 1.29 is 14.5 Å². The van der Waals surface area contributed by atoms with Gasteiger partial charge in [0.25, 0.3) is 11.6 Å². The molecule has 0 aliphatic heterocycles. The summed E-state index contributed by atoms with van der Waals surface area (Å²) in [5.41, 5.74) is 0.327. The molecule has 0 aliphatic rings. The zero-order valence-corrected chi connectivity index (χ0v) is 16.4. The first kappa shape index (κ1) is 20.4. The number of non-ortho nitro benzene ring substituents is 1. The highest BCUT2D eigenvalue weighted by atomic mass is 79.9. The van der Waals surface area contributed by atoms with E-state index in [4.69, 9.17) is 16.3 Å². The second-order valence-electron chi connectivity index (χ2n) is 5.16. The number of benzene rings is 2. The van der Waals surface area contributed by atoms with Gasteiger partial charge in [0.1, 0.15) is 17.4 Å². The normalized spacial score (nSPS) is 10.8. The lowest BCUT2D eigenvalue weighted by Crippen LogP contribution is -2.14. The average Bonchev–Trinajstić information content (AvgIpc) is 2.63. The maximum absolute atomic E-state index is 12.4. The second-order valence-corrected chi connectivity index (χ2v) is 6.48. The first-order chi connectivity index (χ1) is 12.8. The van der Waals surface area contributed by atoms with Gasteiger partial charge in [-0.2, -0.15) is 5.26 Å². The number of hydrogen-bond donors (Lipinski definition) is 1. The Labute approximate surface area is 168 Å². The van der Waals surface area contributed by atoms with Gasteiger partial charge < -0.3 is 10.1 Å². The van der Waals surface area contributed by atoms with E-state index in [9.17, 15) is 20.2 Å². The molecule has 0 saturated heterocycles. The van der Waals surface area contributed by atoms with E-state index in [-0.39, 0.29) is 22.0 Å². The van der Waals surface area contributed by atoms with E-state index in [0.717, 1.165) is 10.5 Å². The molecule has 9 heteroatoms. The molecule has 0 heterocycles. The van der Waals surface area contributed by atoms with Gasteiger partial charge in [-0.1, -0.05) is 27.5 Å². The molecule has 1 amide bonds. The van der Waals surface area contributed by atoms with Crippen molar-refractivity contribution in [3.8, 4) is 11.8 Å². The number of rotatable bonds is 6. The first-order valence-corrected chi connectivity index (χ1v) is 8.82. The summed E-state index contributed by atoms with van der Waals surface area (Å²) in [7, 11) is 0. The molecule has 2 aromatic rings. The van der Waals surface area contributed by atoms with Crippen molar-refractivity contribution in [1.82, 2.24) is 0 Å². The number of amides is 1. The van der Waals surface area contributed by atoms with Crippen LogP contribution in [0.3, 0.4) is 0 Å². The Morgan fingerprint density at radius 3 is 2.74 bits per heavy atom. The maximum atomic E-state index is 12.4. The molecular weight excluding hydrogens is 438 g/mol. The lowest BCUT2D eigenvalue weighted by molar-refractivity contribution is -0.384. The van der Waals surface area contributed by atoms with Crippen LogP contribution in [-0.2, 0) is 4.79 Å². The fraction of sp³-hybridized carbons (Fsp3) is 0.111. The maximum Gasteiger partial charge on any atom is 0.271 e. The first-order valence-electron chi connectivity index (χ1n) is 7.65. The van der Waals surface area contributed by atoms with Gasteiger partial charge in [0.2, 0.25) is 0 Å². The van der Waals surface area contributed by atoms with Crippen LogP contribution in [0.5, 0.6) is 5.75 Å². The molecule has 0 bridgehead atoms. The fourth-order valence-electron chi connectivity index (χ4n) is 2.13. The quantitative estimate of drug-likeness (QED) is 0.290. The predicted molar refractivity (Wildman–Crippen MR) is 106 cm³/mol. The number of carbonyl (C=O) groups excluding carboxylic acids is 1. The minimum absolute atomic E-state index is 0.00713. The fourth-order valence-corrected chi connectivity index (χ4v) is 2.73. The molecular formula is C18H13BrClN3O4. The second kappa shape index (κ2) is 9.16. The number of ether oxygens (including phenoxy) is 1. The van der Waals surface area contributed by atoms with E-state index < -0.39 is 10.8 Å². The summed E-state index contributed by atoms with van der Waals surface area (Å²) in [6.07, 6.45) is 1.39. The predicted octanol–water partition coefficient (Wildman–Crippen LogP) is 4.96. The largest absolute Gasteiger partial charge is 0.493 e. The van der Waals surface area contributed by atoms with Gasteiger partial charge in [0.05, 0.1) is 22.2 Å². The third kappa shape index (κ3) is 5.29. The molecule has 0 spiro atoms. The van der Waals surface area contributed by atoms with Crippen molar-refractivity contribution in [2.75, 3.05) is 11.9 Å². The molecule has 27 heavy (non-hydrogen) atoms. The Hall–Kier alpha value is -2.89. The van der Waals surface area contributed by atoms with Gasteiger partial charge in [-0.15, -0.1) is 0 Å². The molecule has 1 N–H and O–H groups in total. The van der Waals surface area contributed by atoms with E-state index in [1.165, 1.54) is 18.2 Å². The van der Waals surface area contributed by atoms with Crippen molar-refractivity contribution in [1.29, 1.82) is 5.26 Å². The van der Waals surface area contributed by atoms with Gasteiger partial charge in [-0.25, -0.2) is 0 Å². The average molecular weight is 451 g/mol. The zero-order valence-electron chi connectivity index (χ0n) is 14.0. The standard InChI is InChI=1S/C18H13BrClN3O4/c1-2-27-17-6-3-13(19)8-11(17)7-12(10-21)18(24)22-16-5-4-14(23(25)26)9-15(16)20/h3-9H,2H2,1H3,(H,22,24). The van der Waals surface area contributed by atoms with Crippen LogP contribution in [0.25, 0.3) is 6.08 Å². The molecule has 0 fully saturated rings. The summed E-state index contributed by atoms with van der Waals surface area (Å²) in [6, 6.07) is 10.7. The van der Waals surface area contributed by atoms with Crippen molar-refractivity contribution in [3.63, 3.8) is 0 Å². The Morgan fingerprint density at radius 1 is 1.41 bits per heavy atom. The van der Waals surface area contributed by atoms with Crippen molar-refractivity contribution in [2.24, 2.45) is 0 Å². The number of nitrogens with zero attached hydrogens (tertiary/aromatic N) is 2. The van der Waals surface area contributed by atoms with Crippen LogP contribution in [-0.4, -0.2) is 17.4 Å². The molecule has 138 valence electrons. The highest BCUT2D eigenvalue weighted by Crippen LogP contribution is 2.28. The van der Waals surface area contributed by atoms with Crippen LogP contribution in [0.4, 0.5) is 11.4 Å². The number of hydrogen-bond acceptors (Lipinski definition) is 5. The minimum atomic E-state index is -0.698. The van der Waals surface area contributed by atoms with Gasteiger partial charge >= 0.3 is 0 Å². The molecule has 0 radical (unpaired) electrons. The summed E-state index contributed by atoms with van der Waals surface area (Å²) in [5.74, 6) is -0.176. The number of carbonyl (C=O) groups is 1. The number of nitro benzene ring substituents is 1. The molecule has 7 nitrogen and oxygen atoms in total. The third-order valence-corrected chi connectivity index (χ3v) is 4.15.